The van der Waals surface area contributed by atoms with Gasteiger partial charge in [-0.15, -0.1) is 0 Å². The highest BCUT2D eigenvalue weighted by Crippen LogP contribution is 2.45. The van der Waals surface area contributed by atoms with Crippen molar-refractivity contribution in [3.05, 3.63) is 0 Å². The van der Waals surface area contributed by atoms with E-state index in [1.54, 1.807) is 0 Å². The Hall–Kier alpha value is -2.19. The van der Waals surface area contributed by atoms with Gasteiger partial charge < -0.3 is 174 Å². The molecule has 0 saturated carbocycles. The number of rotatable bonds is 23. The number of amides is 1. The highest BCUT2D eigenvalue weighted by molar-refractivity contribution is 7.46. The predicted molar refractivity (Wildman–Crippen MR) is 245 cm³/mol. The van der Waals surface area contributed by atoms with E-state index in [9.17, 15) is 131 Å². The molecule has 0 bridgehead atoms. The van der Waals surface area contributed by atoms with Crippen molar-refractivity contribution in [2.75, 3.05) is 39.6 Å². The monoisotopic (exact) mass is 1230 g/mol. The third-order valence-electron chi connectivity index (χ3n) is 14.3. The number of hydrogen-bond acceptors (Lipinski definition) is 35. The molecule has 32 atom stereocenters. The second kappa shape index (κ2) is 28.8. The molecule has 0 unspecified atom stereocenters. The van der Waals surface area contributed by atoms with Gasteiger partial charge >= 0.3 is 13.8 Å². The molecule has 0 aromatic rings. The molecule has 6 aliphatic heterocycles. The second-order valence-electron chi connectivity index (χ2n) is 20.0. The Kier molecular flexibility index (Phi) is 24.2. The maximum absolute atomic E-state index is 12.7. The summed E-state index contributed by atoms with van der Waals surface area (Å²) in [5.74, 6) is -6.44. The largest absolute Gasteiger partial charge is 0.477 e. The fourth-order valence-corrected chi connectivity index (χ4v) is 10.6. The lowest BCUT2D eigenvalue weighted by Crippen LogP contribution is -2.71. The standard InChI is InChI=1S/C42H72NO38P/c1-9(50)43-17-20(57)18(55)14(6-47)70-36(17)79-35-33(81-82(67,68)69)25(62)27(11(52)3-44)73-40(35)78-34-26(63)32(29(12(53)4-45)75-39(34)74-28-10(51)2-42(66,41(64)65)80-30(28)13(54)5-46)77-38-24(61)22(59)31(16(8-49)72-38)76-37-23(60)21(58)19(56)15(7-48)71-37/h10-40,44-49,51-63,66H,2-8H2,1H3,(H,43,50)(H,64,65)(H2,67,68,69)/t10-,11+,12+,13-,14-,15-,16-,17-,18-,19+,20-,21+,22-,23-,24-,25-,26+,27-,28-,29-,30-,31-,32+,33+,34+,35+,36-,37+,38+,39+,40-,42-/m1/s1. The van der Waals surface area contributed by atoms with E-state index in [0.717, 1.165) is 6.92 Å². The van der Waals surface area contributed by atoms with Crippen LogP contribution < -0.4 is 5.32 Å². The predicted octanol–water partition coefficient (Wildman–Crippen LogP) is -15.3. The molecule has 24 N–H and O–H groups in total. The molecule has 6 aliphatic rings. The molecule has 6 heterocycles. The van der Waals surface area contributed by atoms with E-state index < -0.39 is 262 Å². The first-order chi connectivity index (χ1) is 38.4. The first-order valence-electron chi connectivity index (χ1n) is 25.1. The lowest BCUT2D eigenvalue weighted by molar-refractivity contribution is -0.416. The van der Waals surface area contributed by atoms with Crippen molar-refractivity contribution in [1.82, 2.24) is 5.32 Å². The van der Waals surface area contributed by atoms with Crippen LogP contribution in [0.3, 0.4) is 0 Å². The maximum atomic E-state index is 12.7. The van der Waals surface area contributed by atoms with Crippen molar-refractivity contribution in [3.8, 4) is 0 Å². The van der Waals surface area contributed by atoms with Crippen molar-refractivity contribution in [2.24, 2.45) is 0 Å². The number of carboxylic acids is 1. The van der Waals surface area contributed by atoms with Gasteiger partial charge in [0.15, 0.2) is 31.5 Å². The van der Waals surface area contributed by atoms with Crippen LogP contribution in [0.5, 0.6) is 0 Å². The quantitative estimate of drug-likeness (QED) is 0.0422. The van der Waals surface area contributed by atoms with Crippen molar-refractivity contribution < 1.29 is 188 Å². The molecule has 6 rings (SSSR count). The first kappa shape index (κ1) is 68.9. The third-order valence-corrected chi connectivity index (χ3v) is 14.8. The highest BCUT2D eigenvalue weighted by atomic mass is 31.2. The van der Waals surface area contributed by atoms with Gasteiger partial charge in [0.2, 0.25) is 5.91 Å². The number of ether oxygens (including phenoxy) is 11. The van der Waals surface area contributed by atoms with Gasteiger partial charge in [-0.05, 0) is 0 Å². The normalized spacial score (nSPS) is 47.1. The minimum Gasteiger partial charge on any atom is -0.477 e. The number of aliphatic hydroxyl groups excluding tert-OH is 19. The smallest absolute Gasteiger partial charge is 0.470 e. The van der Waals surface area contributed by atoms with Crippen molar-refractivity contribution in [1.29, 1.82) is 0 Å². The molecule has 82 heavy (non-hydrogen) atoms. The molecule has 6 fully saturated rings. The average molecular weight is 1230 g/mol. The number of phosphoric ester groups is 1. The summed E-state index contributed by atoms with van der Waals surface area (Å²) in [4.78, 5) is 44.8. The fourth-order valence-electron chi connectivity index (χ4n) is 10.0. The Balaban J connectivity index is 1.46. The van der Waals surface area contributed by atoms with Crippen molar-refractivity contribution in [3.63, 3.8) is 0 Å². The molecule has 0 radical (unpaired) electrons. The minimum absolute atomic E-state index is 0.900. The number of carbonyl (C=O) groups excluding carboxylic acids is 1. The van der Waals surface area contributed by atoms with Crippen LogP contribution in [0.25, 0.3) is 0 Å². The summed E-state index contributed by atoms with van der Waals surface area (Å²) >= 11 is 0. The zero-order chi connectivity index (χ0) is 61.2. The van der Waals surface area contributed by atoms with E-state index in [1.165, 1.54) is 0 Å². The van der Waals surface area contributed by atoms with Gasteiger partial charge in [-0.3, -0.25) is 9.32 Å². The van der Waals surface area contributed by atoms with E-state index in [4.69, 9.17) is 56.6 Å². The Morgan fingerprint density at radius 3 is 1.50 bits per heavy atom. The lowest BCUT2D eigenvalue weighted by Gasteiger charge is -2.52. The van der Waals surface area contributed by atoms with Gasteiger partial charge in [-0.1, -0.05) is 0 Å². The first-order valence-corrected chi connectivity index (χ1v) is 26.6. The highest BCUT2D eigenvalue weighted by Gasteiger charge is 2.62. The summed E-state index contributed by atoms with van der Waals surface area (Å²) in [6.07, 6.45) is -69.7. The Morgan fingerprint density at radius 2 is 0.963 bits per heavy atom. The summed E-state index contributed by atoms with van der Waals surface area (Å²) in [6.45, 7) is -6.37. The molecule has 0 aromatic heterocycles. The molecule has 39 nitrogen and oxygen atoms in total. The number of aliphatic carboxylic acids is 1. The lowest BCUT2D eigenvalue weighted by atomic mass is 9.91. The summed E-state index contributed by atoms with van der Waals surface area (Å²) < 4.78 is 80.6. The number of carbonyl (C=O) groups is 2. The average Bonchev–Trinajstić information content (AvgIpc) is 1.83. The van der Waals surface area contributed by atoms with Gasteiger partial charge in [0.05, 0.1) is 45.7 Å². The Bertz CT molecular complexity index is 2080. The molecular weight excluding hydrogens is 1160 g/mol. The van der Waals surface area contributed by atoms with E-state index in [0.29, 0.717) is 0 Å². The topological polar surface area (TPSA) is 639 Å². The molecule has 1 amide bonds. The van der Waals surface area contributed by atoms with Crippen LogP contribution in [0.4, 0.5) is 0 Å². The van der Waals surface area contributed by atoms with Gasteiger partial charge in [0.25, 0.3) is 5.79 Å². The number of hydrogen-bond donors (Lipinski definition) is 24. The van der Waals surface area contributed by atoms with E-state index in [-0.39, 0.29) is 0 Å². The van der Waals surface area contributed by atoms with Gasteiger partial charge in [-0.25, -0.2) is 9.36 Å². The third kappa shape index (κ3) is 15.0. The second-order valence-corrected chi connectivity index (χ2v) is 21.2. The zero-order valence-electron chi connectivity index (χ0n) is 42.7. The molecule has 0 spiro atoms. The maximum Gasteiger partial charge on any atom is 0.470 e. The summed E-state index contributed by atoms with van der Waals surface area (Å²) in [6, 6.07) is -1.95. The number of aliphatic hydroxyl groups is 20. The van der Waals surface area contributed by atoms with Gasteiger partial charge in [-0.2, -0.15) is 0 Å². The Morgan fingerprint density at radius 1 is 0.512 bits per heavy atom. The molecule has 40 heteroatoms. The van der Waals surface area contributed by atoms with Crippen LogP contribution >= 0.6 is 7.82 Å². The van der Waals surface area contributed by atoms with E-state index >= 15 is 0 Å². The van der Waals surface area contributed by atoms with Crippen LogP contribution in [0.1, 0.15) is 13.3 Å². The number of nitrogens with one attached hydrogen (secondary N) is 1. The summed E-state index contributed by atoms with van der Waals surface area (Å²) in [5.41, 5.74) is 0. The molecule has 6 saturated heterocycles. The van der Waals surface area contributed by atoms with Crippen LogP contribution in [-0.4, -0.2) is 364 Å². The molecule has 0 aromatic carbocycles. The van der Waals surface area contributed by atoms with Crippen LogP contribution in [-0.2, 0) is 70.8 Å². The summed E-state index contributed by atoms with van der Waals surface area (Å²) in [5, 5.41) is 228. The van der Waals surface area contributed by atoms with E-state index in [2.05, 4.69) is 5.32 Å². The fraction of sp³-hybridized carbons (Fsp3) is 0.952. The molecular formula is C42H72NO38P. The van der Waals surface area contributed by atoms with Crippen molar-refractivity contribution >= 4 is 19.7 Å². The SMILES string of the molecule is CC(=O)N[C@H]1[C@@H](O[C@@H]2[C@@H](O[C@@H]3[C@@H](O[C@H]4[C@@H]([C@H](O)CO)O[C@@](O)(C(=O)O)C[C@H]4O)O[C@H]([C@@H](O)CO)[C@@H](O[C@@H]4O[C@H](CO)[C@@H](O[C@@H]5O[C@H](CO)[C@H](O)[C@H](O)[C@H]5O)[C@H](O)[C@H]4O)[C@@H]3O)O[C@H]([C@@H](O)CO)[C@@H](O)[C@@H]2OP(=O)(O)O)O[C@H](CO)[C@@H](O)[C@@H]1O. The van der Waals surface area contributed by atoms with Crippen LogP contribution in [0.15, 0.2) is 0 Å². The van der Waals surface area contributed by atoms with Gasteiger partial charge in [0, 0.05) is 13.3 Å². The van der Waals surface area contributed by atoms with Gasteiger partial charge in [0.1, 0.15) is 153 Å². The summed E-state index contributed by atoms with van der Waals surface area (Å²) in [7, 11) is -5.96. The van der Waals surface area contributed by atoms with Crippen LogP contribution in [0, 0.1) is 0 Å². The zero-order valence-corrected chi connectivity index (χ0v) is 43.6. The molecule has 0 aliphatic carbocycles. The van der Waals surface area contributed by atoms with Crippen molar-refractivity contribution in [2.45, 2.75) is 209 Å². The Labute approximate surface area is 461 Å². The van der Waals surface area contributed by atoms with E-state index in [1.807, 2.05) is 0 Å². The number of carboxylic acid groups (broad SMARTS) is 1. The minimum atomic E-state index is -5.96. The number of phosphoric acid groups is 1. The van der Waals surface area contributed by atoms with Crippen LogP contribution in [0.2, 0.25) is 0 Å². The molecule has 478 valence electrons.